The summed E-state index contributed by atoms with van der Waals surface area (Å²) in [6.45, 7) is 2.05. The second-order valence-electron chi connectivity index (χ2n) is 7.74. The summed E-state index contributed by atoms with van der Waals surface area (Å²) < 4.78 is 39.3. The summed E-state index contributed by atoms with van der Waals surface area (Å²) in [4.78, 5) is 15.5. The van der Waals surface area contributed by atoms with Gasteiger partial charge >= 0.3 is 0 Å². The van der Waals surface area contributed by atoms with E-state index in [0.717, 1.165) is 15.8 Å². The number of anilines is 2. The van der Waals surface area contributed by atoms with E-state index in [4.69, 9.17) is 9.47 Å². The molecular weight excluding hydrogens is 484 g/mol. The van der Waals surface area contributed by atoms with E-state index in [1.54, 1.807) is 62.4 Å². The average Bonchev–Trinajstić information content (AvgIpc) is 3.31. The standard InChI is InChI=1S/C26H26N2O5S2/c1-5-28(35(30,31)23-12-10-21(32-3)11-13-23)20-9-14-24-18(15-20)16-25(34-24)26(29)27(2)19-7-6-8-22(17-19)33-4/h6-17H,5H2,1-4H3. The van der Waals surface area contributed by atoms with Gasteiger partial charge in [-0.3, -0.25) is 9.10 Å². The first kappa shape index (κ1) is 24.6. The molecule has 0 aliphatic heterocycles. The first-order valence-corrected chi connectivity index (χ1v) is 13.2. The van der Waals surface area contributed by atoms with E-state index in [-0.39, 0.29) is 17.3 Å². The lowest BCUT2D eigenvalue weighted by Gasteiger charge is -2.23. The van der Waals surface area contributed by atoms with E-state index in [1.165, 1.54) is 34.9 Å². The van der Waals surface area contributed by atoms with Crippen LogP contribution in [0.15, 0.2) is 77.7 Å². The minimum atomic E-state index is -3.77. The molecule has 1 aromatic heterocycles. The fraction of sp³-hybridized carbons (Fsp3) is 0.192. The zero-order chi connectivity index (χ0) is 25.2. The number of hydrogen-bond acceptors (Lipinski definition) is 6. The number of nitrogens with zero attached hydrogens (tertiary/aromatic N) is 2. The molecule has 4 aromatic rings. The molecule has 0 radical (unpaired) electrons. The lowest BCUT2D eigenvalue weighted by atomic mass is 10.2. The fourth-order valence-electron chi connectivity index (χ4n) is 3.76. The minimum absolute atomic E-state index is 0.154. The van der Waals surface area contributed by atoms with Gasteiger partial charge in [-0.25, -0.2) is 8.42 Å². The summed E-state index contributed by atoms with van der Waals surface area (Å²) in [7, 11) is 1.06. The number of sulfonamides is 1. The van der Waals surface area contributed by atoms with Gasteiger partial charge in [0, 0.05) is 30.0 Å². The Morgan fingerprint density at radius 3 is 2.26 bits per heavy atom. The van der Waals surface area contributed by atoms with Crippen LogP contribution in [0.4, 0.5) is 11.4 Å². The van der Waals surface area contributed by atoms with Crippen LogP contribution in [0.2, 0.25) is 0 Å². The van der Waals surface area contributed by atoms with Crippen LogP contribution in [0.3, 0.4) is 0 Å². The minimum Gasteiger partial charge on any atom is -0.497 e. The van der Waals surface area contributed by atoms with Crippen molar-refractivity contribution in [2.45, 2.75) is 11.8 Å². The molecule has 3 aromatic carbocycles. The van der Waals surface area contributed by atoms with Crippen molar-refractivity contribution in [3.8, 4) is 11.5 Å². The normalized spacial score (nSPS) is 11.3. The Balaban J connectivity index is 1.64. The Hall–Kier alpha value is -3.56. The molecule has 7 nitrogen and oxygen atoms in total. The molecule has 0 aliphatic rings. The monoisotopic (exact) mass is 510 g/mol. The van der Waals surface area contributed by atoms with Gasteiger partial charge in [0.25, 0.3) is 15.9 Å². The number of benzene rings is 3. The number of hydrogen-bond donors (Lipinski definition) is 0. The van der Waals surface area contributed by atoms with Crippen molar-refractivity contribution in [3.05, 3.63) is 77.7 Å². The van der Waals surface area contributed by atoms with Gasteiger partial charge in [0.1, 0.15) is 11.5 Å². The zero-order valence-electron chi connectivity index (χ0n) is 19.9. The van der Waals surface area contributed by atoms with Gasteiger partial charge in [0.15, 0.2) is 0 Å². The van der Waals surface area contributed by atoms with Crippen LogP contribution in [0.1, 0.15) is 16.6 Å². The Bertz CT molecular complexity index is 1460. The van der Waals surface area contributed by atoms with Crippen molar-refractivity contribution in [2.75, 3.05) is 37.0 Å². The highest BCUT2D eigenvalue weighted by atomic mass is 32.2. The summed E-state index contributed by atoms with van der Waals surface area (Å²) >= 11 is 1.37. The third-order valence-corrected chi connectivity index (χ3v) is 8.70. The quantitative estimate of drug-likeness (QED) is 0.317. The molecule has 0 N–H and O–H groups in total. The number of thiophene rings is 1. The van der Waals surface area contributed by atoms with Crippen molar-refractivity contribution in [3.63, 3.8) is 0 Å². The SMILES string of the molecule is CCN(c1ccc2sc(C(=O)N(C)c3cccc(OC)c3)cc2c1)S(=O)(=O)c1ccc(OC)cc1. The third kappa shape index (κ3) is 4.82. The summed E-state index contributed by atoms with van der Waals surface area (Å²) in [6, 6.07) is 20.8. The van der Waals surface area contributed by atoms with Crippen molar-refractivity contribution < 1.29 is 22.7 Å². The molecule has 0 aliphatic carbocycles. The Morgan fingerprint density at radius 2 is 1.60 bits per heavy atom. The Labute approximate surface area is 209 Å². The molecule has 9 heteroatoms. The predicted octanol–water partition coefficient (Wildman–Crippen LogP) is 5.41. The topological polar surface area (TPSA) is 76.2 Å². The van der Waals surface area contributed by atoms with E-state index in [9.17, 15) is 13.2 Å². The number of carbonyl (C=O) groups excluding carboxylic acids is 1. The first-order valence-electron chi connectivity index (χ1n) is 10.9. The number of carbonyl (C=O) groups is 1. The maximum Gasteiger partial charge on any atom is 0.268 e. The van der Waals surface area contributed by atoms with E-state index < -0.39 is 10.0 Å². The van der Waals surface area contributed by atoms with E-state index in [1.807, 2.05) is 24.3 Å². The van der Waals surface area contributed by atoms with Crippen molar-refractivity contribution >= 4 is 48.7 Å². The smallest absolute Gasteiger partial charge is 0.268 e. The van der Waals surface area contributed by atoms with Crippen LogP contribution >= 0.6 is 11.3 Å². The molecule has 1 amide bonds. The van der Waals surface area contributed by atoms with E-state index in [0.29, 0.717) is 22.1 Å². The highest BCUT2D eigenvalue weighted by Crippen LogP contribution is 2.33. The summed E-state index contributed by atoms with van der Waals surface area (Å²) in [6.07, 6.45) is 0. The number of fused-ring (bicyclic) bond motifs is 1. The molecule has 0 saturated heterocycles. The van der Waals surface area contributed by atoms with Gasteiger partial charge in [-0.2, -0.15) is 0 Å². The molecule has 35 heavy (non-hydrogen) atoms. The summed E-state index contributed by atoms with van der Waals surface area (Å²) in [5.41, 5.74) is 1.25. The van der Waals surface area contributed by atoms with Gasteiger partial charge in [-0.05, 0) is 73.0 Å². The predicted molar refractivity (Wildman–Crippen MR) is 141 cm³/mol. The second-order valence-corrected chi connectivity index (χ2v) is 10.7. The number of ether oxygens (including phenoxy) is 2. The number of rotatable bonds is 8. The first-order chi connectivity index (χ1) is 16.8. The second kappa shape index (κ2) is 9.97. The molecule has 0 fully saturated rings. The van der Waals surface area contributed by atoms with Crippen LogP contribution in [0.25, 0.3) is 10.1 Å². The maximum absolute atomic E-state index is 13.3. The molecule has 0 atom stereocenters. The summed E-state index contributed by atoms with van der Waals surface area (Å²) in [5, 5.41) is 0.804. The highest BCUT2D eigenvalue weighted by molar-refractivity contribution is 7.92. The Morgan fingerprint density at radius 1 is 0.886 bits per heavy atom. The largest absolute Gasteiger partial charge is 0.497 e. The van der Waals surface area contributed by atoms with E-state index in [2.05, 4.69) is 0 Å². The van der Waals surface area contributed by atoms with Crippen molar-refractivity contribution in [1.82, 2.24) is 0 Å². The third-order valence-electron chi connectivity index (χ3n) is 5.68. The molecule has 0 unspecified atom stereocenters. The van der Waals surface area contributed by atoms with Crippen LogP contribution in [-0.2, 0) is 10.0 Å². The number of amides is 1. The molecule has 4 rings (SSSR count). The maximum atomic E-state index is 13.3. The van der Waals surface area contributed by atoms with Gasteiger partial charge in [-0.1, -0.05) is 6.07 Å². The molecular formula is C26H26N2O5S2. The van der Waals surface area contributed by atoms with Crippen LogP contribution < -0.4 is 18.7 Å². The van der Waals surface area contributed by atoms with Crippen molar-refractivity contribution in [2.24, 2.45) is 0 Å². The average molecular weight is 511 g/mol. The fourth-order valence-corrected chi connectivity index (χ4v) is 6.24. The van der Waals surface area contributed by atoms with Gasteiger partial charge in [0.2, 0.25) is 0 Å². The van der Waals surface area contributed by atoms with Crippen molar-refractivity contribution in [1.29, 1.82) is 0 Å². The molecule has 0 bridgehead atoms. The molecule has 182 valence electrons. The highest BCUT2D eigenvalue weighted by Gasteiger charge is 2.24. The molecule has 0 saturated carbocycles. The molecule has 0 spiro atoms. The zero-order valence-corrected chi connectivity index (χ0v) is 21.5. The van der Waals surface area contributed by atoms with Gasteiger partial charge in [0.05, 0.1) is 29.7 Å². The van der Waals surface area contributed by atoms with Crippen LogP contribution in [-0.4, -0.2) is 42.1 Å². The van der Waals surface area contributed by atoms with Crippen LogP contribution in [0.5, 0.6) is 11.5 Å². The van der Waals surface area contributed by atoms with Crippen LogP contribution in [0, 0.1) is 0 Å². The van der Waals surface area contributed by atoms with Gasteiger partial charge in [-0.15, -0.1) is 11.3 Å². The summed E-state index contributed by atoms with van der Waals surface area (Å²) in [5.74, 6) is 1.10. The Kier molecular flexibility index (Phi) is 7.00. The van der Waals surface area contributed by atoms with E-state index >= 15 is 0 Å². The lowest BCUT2D eigenvalue weighted by molar-refractivity contribution is 0.0997. The lowest BCUT2D eigenvalue weighted by Crippen LogP contribution is -2.30. The molecule has 1 heterocycles. The van der Waals surface area contributed by atoms with Gasteiger partial charge < -0.3 is 14.4 Å². The number of methoxy groups -OCH3 is 2.